The molecule has 0 bridgehead atoms. The molecule has 0 radical (unpaired) electrons. The summed E-state index contributed by atoms with van der Waals surface area (Å²) in [5, 5.41) is 0. The minimum atomic E-state index is -4.56. The molecule has 0 aliphatic carbocycles. The van der Waals surface area contributed by atoms with E-state index in [0.717, 1.165) is 12.1 Å². The van der Waals surface area contributed by atoms with Crippen LogP contribution in [0.3, 0.4) is 0 Å². The Balaban J connectivity index is 1.94. The van der Waals surface area contributed by atoms with E-state index in [-0.39, 0.29) is 12.1 Å². The van der Waals surface area contributed by atoms with E-state index in [1.165, 1.54) is 55.5 Å². The third kappa shape index (κ3) is 3.88. The van der Waals surface area contributed by atoms with Gasteiger partial charge in [0, 0.05) is 5.69 Å². The fraction of sp³-hybridized carbons (Fsp3) is 0.208. The van der Waals surface area contributed by atoms with Gasteiger partial charge < -0.3 is 14.4 Å². The summed E-state index contributed by atoms with van der Waals surface area (Å²) in [5.41, 5.74) is 1.10. The second-order valence-corrected chi connectivity index (χ2v) is 7.35. The summed E-state index contributed by atoms with van der Waals surface area (Å²) in [4.78, 5) is 14.5. The van der Waals surface area contributed by atoms with Gasteiger partial charge in [-0.15, -0.1) is 0 Å². The van der Waals surface area contributed by atoms with Gasteiger partial charge in [0.2, 0.25) is 5.91 Å². The van der Waals surface area contributed by atoms with Gasteiger partial charge in [-0.1, -0.05) is 18.2 Å². The lowest BCUT2D eigenvalue weighted by Gasteiger charge is -2.38. The second-order valence-electron chi connectivity index (χ2n) is 7.35. The number of carbonyl (C=O) groups excluding carboxylic acids is 1. The number of nitrogens with zero attached hydrogens (tertiary/aromatic N) is 1. The number of rotatable bonds is 4. The average Bonchev–Trinajstić information content (AvgIpc) is 2.77. The molecule has 0 saturated heterocycles. The summed E-state index contributed by atoms with van der Waals surface area (Å²) >= 11 is 0. The number of hydrogen-bond acceptors (Lipinski definition) is 3. The molecule has 0 fully saturated rings. The molecule has 0 saturated carbocycles. The molecular weight excluding hydrogens is 426 g/mol. The number of halogens is 4. The smallest absolute Gasteiger partial charge is 0.416 e. The lowest BCUT2D eigenvalue weighted by Crippen LogP contribution is -2.41. The summed E-state index contributed by atoms with van der Waals surface area (Å²) in [6, 6.07) is 12.7. The molecule has 8 heteroatoms. The first-order valence-corrected chi connectivity index (χ1v) is 9.72. The van der Waals surface area contributed by atoms with E-state index in [1.807, 2.05) is 0 Å². The Hall–Kier alpha value is -3.55. The third-order valence-corrected chi connectivity index (χ3v) is 5.45. The molecule has 0 aromatic heterocycles. The van der Waals surface area contributed by atoms with Crippen LogP contribution in [0.15, 0.2) is 60.7 Å². The van der Waals surface area contributed by atoms with E-state index in [1.54, 1.807) is 12.1 Å². The Morgan fingerprint density at radius 1 is 0.938 bits per heavy atom. The molecule has 3 aromatic carbocycles. The fourth-order valence-electron chi connectivity index (χ4n) is 3.97. The van der Waals surface area contributed by atoms with Gasteiger partial charge in [0.1, 0.15) is 5.82 Å². The van der Waals surface area contributed by atoms with Gasteiger partial charge in [-0.25, -0.2) is 4.39 Å². The van der Waals surface area contributed by atoms with Gasteiger partial charge in [0.15, 0.2) is 11.5 Å². The van der Waals surface area contributed by atoms with E-state index >= 15 is 0 Å². The summed E-state index contributed by atoms with van der Waals surface area (Å²) < 4.78 is 64.4. The molecular formula is C24H19F4NO3. The Labute approximate surface area is 182 Å². The van der Waals surface area contributed by atoms with Crippen LogP contribution in [0.25, 0.3) is 0 Å². The summed E-state index contributed by atoms with van der Waals surface area (Å²) in [6.45, 7) is 0. The zero-order valence-electron chi connectivity index (χ0n) is 17.2. The van der Waals surface area contributed by atoms with Gasteiger partial charge in [-0.05, 0) is 59.2 Å². The number of anilines is 1. The number of fused-ring (bicyclic) bond motifs is 1. The molecule has 4 rings (SSSR count). The first-order valence-electron chi connectivity index (χ1n) is 9.72. The SMILES string of the molecule is COc1cc2c(cc1OC)C(c1ccc(F)cc1)N(c1cccc(C(F)(F)F)c1)C(=O)C2. The Morgan fingerprint density at radius 2 is 1.59 bits per heavy atom. The first kappa shape index (κ1) is 21.7. The predicted molar refractivity (Wildman–Crippen MR) is 110 cm³/mol. The minimum Gasteiger partial charge on any atom is -0.493 e. The van der Waals surface area contributed by atoms with Crippen molar-refractivity contribution in [1.82, 2.24) is 0 Å². The minimum absolute atomic E-state index is 0.0381. The van der Waals surface area contributed by atoms with Crippen LogP contribution in [0, 0.1) is 5.82 Å². The number of hydrogen-bond donors (Lipinski definition) is 0. The van der Waals surface area contributed by atoms with Crippen molar-refractivity contribution in [2.45, 2.75) is 18.6 Å². The van der Waals surface area contributed by atoms with E-state index < -0.39 is 29.5 Å². The maximum absolute atomic E-state index is 13.6. The number of ether oxygens (including phenoxy) is 2. The summed E-state index contributed by atoms with van der Waals surface area (Å²) in [5.74, 6) is -0.00598. The molecule has 1 aliphatic rings. The molecule has 3 aromatic rings. The predicted octanol–water partition coefficient (Wildman–Crippen LogP) is 5.54. The lowest BCUT2D eigenvalue weighted by molar-refractivity contribution is -0.137. The number of amides is 1. The van der Waals surface area contributed by atoms with E-state index in [2.05, 4.69) is 0 Å². The van der Waals surface area contributed by atoms with Crippen molar-refractivity contribution >= 4 is 11.6 Å². The molecule has 1 atom stereocenters. The topological polar surface area (TPSA) is 38.8 Å². The molecule has 0 spiro atoms. The highest BCUT2D eigenvalue weighted by Gasteiger charge is 2.37. The van der Waals surface area contributed by atoms with Gasteiger partial charge in [0.05, 0.1) is 32.2 Å². The highest BCUT2D eigenvalue weighted by Crippen LogP contribution is 2.44. The molecule has 1 unspecified atom stereocenters. The fourth-order valence-corrected chi connectivity index (χ4v) is 3.97. The quantitative estimate of drug-likeness (QED) is 0.495. The van der Waals surface area contributed by atoms with Crippen LogP contribution >= 0.6 is 0 Å². The number of benzene rings is 3. The van der Waals surface area contributed by atoms with Crippen molar-refractivity contribution in [1.29, 1.82) is 0 Å². The number of methoxy groups -OCH3 is 2. The zero-order valence-corrected chi connectivity index (χ0v) is 17.2. The van der Waals surface area contributed by atoms with Crippen molar-refractivity contribution in [2.24, 2.45) is 0 Å². The highest BCUT2D eigenvalue weighted by molar-refractivity contribution is 5.98. The second kappa shape index (κ2) is 8.18. The van der Waals surface area contributed by atoms with Crippen LogP contribution in [-0.2, 0) is 17.4 Å². The zero-order chi connectivity index (χ0) is 23.0. The molecule has 166 valence electrons. The van der Waals surface area contributed by atoms with E-state index in [4.69, 9.17) is 9.47 Å². The van der Waals surface area contributed by atoms with Crippen LogP contribution in [0.2, 0.25) is 0 Å². The van der Waals surface area contributed by atoms with Gasteiger partial charge in [0.25, 0.3) is 0 Å². The molecule has 1 amide bonds. The largest absolute Gasteiger partial charge is 0.493 e. The van der Waals surface area contributed by atoms with Crippen molar-refractivity contribution < 1.29 is 31.8 Å². The molecule has 4 nitrogen and oxygen atoms in total. The molecule has 32 heavy (non-hydrogen) atoms. The van der Waals surface area contributed by atoms with E-state index in [0.29, 0.717) is 28.2 Å². The molecule has 1 aliphatic heterocycles. The standard InChI is InChI=1S/C24H19F4NO3/c1-31-20-10-15-11-22(30)29(18-5-3-4-16(12-18)24(26,27)28)23(19(15)13-21(20)32-2)14-6-8-17(25)9-7-14/h3-10,12-13,23H,11H2,1-2H3. The van der Waals surface area contributed by atoms with E-state index in [9.17, 15) is 22.4 Å². The third-order valence-electron chi connectivity index (χ3n) is 5.45. The lowest BCUT2D eigenvalue weighted by atomic mass is 9.86. The maximum Gasteiger partial charge on any atom is 0.416 e. The maximum atomic E-state index is 13.6. The van der Waals surface area contributed by atoms with Crippen LogP contribution in [0.4, 0.5) is 23.2 Å². The van der Waals surface area contributed by atoms with Gasteiger partial charge >= 0.3 is 6.18 Å². The van der Waals surface area contributed by atoms with Gasteiger partial charge in [-0.3, -0.25) is 4.79 Å². The van der Waals surface area contributed by atoms with Crippen molar-refractivity contribution in [2.75, 3.05) is 19.1 Å². The van der Waals surface area contributed by atoms with Crippen LogP contribution in [0.5, 0.6) is 11.5 Å². The summed E-state index contributed by atoms with van der Waals surface area (Å²) in [6.07, 6.45) is -4.60. The first-order chi connectivity index (χ1) is 15.2. The van der Waals surface area contributed by atoms with Crippen LogP contribution in [0.1, 0.15) is 28.3 Å². The Morgan fingerprint density at radius 3 is 2.22 bits per heavy atom. The van der Waals surface area contributed by atoms with Crippen molar-refractivity contribution in [3.05, 3.63) is 88.7 Å². The number of alkyl halides is 3. The van der Waals surface area contributed by atoms with Crippen molar-refractivity contribution in [3.63, 3.8) is 0 Å². The Kier molecular flexibility index (Phi) is 5.54. The number of carbonyl (C=O) groups is 1. The molecule has 0 N–H and O–H groups in total. The Bertz CT molecular complexity index is 1160. The highest BCUT2D eigenvalue weighted by atomic mass is 19.4. The van der Waals surface area contributed by atoms with Gasteiger partial charge in [-0.2, -0.15) is 13.2 Å². The van der Waals surface area contributed by atoms with Crippen LogP contribution in [-0.4, -0.2) is 20.1 Å². The van der Waals surface area contributed by atoms with Crippen LogP contribution < -0.4 is 14.4 Å². The normalized spacial score (nSPS) is 16.0. The monoisotopic (exact) mass is 445 g/mol. The summed E-state index contributed by atoms with van der Waals surface area (Å²) in [7, 11) is 2.94. The van der Waals surface area contributed by atoms with Crippen molar-refractivity contribution in [3.8, 4) is 11.5 Å². The average molecular weight is 445 g/mol. The molecule has 1 heterocycles.